The highest BCUT2D eigenvalue weighted by Crippen LogP contribution is 2.35. The molecule has 0 spiro atoms. The molecule has 0 fully saturated rings. The zero-order chi connectivity index (χ0) is 32.6. The van der Waals surface area contributed by atoms with Crippen molar-refractivity contribution in [3.63, 3.8) is 0 Å². The van der Waals surface area contributed by atoms with Gasteiger partial charge in [0.2, 0.25) is 5.91 Å². The van der Waals surface area contributed by atoms with Crippen LogP contribution >= 0.6 is 11.8 Å². The summed E-state index contributed by atoms with van der Waals surface area (Å²) in [5, 5.41) is 18.7. The summed E-state index contributed by atoms with van der Waals surface area (Å²) >= 11 is 1.28. The van der Waals surface area contributed by atoms with E-state index in [-0.39, 0.29) is 36.6 Å². The van der Waals surface area contributed by atoms with Gasteiger partial charge >= 0.3 is 0 Å². The molecule has 0 radical (unpaired) electrons. The molecule has 238 valence electrons. The van der Waals surface area contributed by atoms with Gasteiger partial charge in [-0.2, -0.15) is 5.10 Å². The van der Waals surface area contributed by atoms with Crippen LogP contribution in [0.4, 0.5) is 0 Å². The Morgan fingerprint density at radius 2 is 1.47 bits per heavy atom. The third kappa shape index (κ3) is 7.53. The second-order valence-corrected chi connectivity index (χ2v) is 11.7. The number of para-hydroxylation sites is 1. The summed E-state index contributed by atoms with van der Waals surface area (Å²) in [6.07, 6.45) is 0.822. The predicted molar refractivity (Wildman–Crippen MR) is 181 cm³/mol. The predicted octanol–water partition coefficient (Wildman–Crippen LogP) is 5.61. The number of methoxy groups -OCH3 is 2. The minimum atomic E-state index is -0.284. The first-order chi connectivity index (χ1) is 23.0. The van der Waals surface area contributed by atoms with E-state index in [1.807, 2.05) is 114 Å². The fourth-order valence-corrected chi connectivity index (χ4v) is 6.17. The molecule has 2 heterocycles. The van der Waals surface area contributed by atoms with Crippen molar-refractivity contribution in [3.8, 4) is 17.2 Å². The number of amides is 2. The molecule has 1 aromatic heterocycles. The number of nitrogens with zero attached hydrogens (tertiary/aromatic N) is 5. The lowest BCUT2D eigenvalue weighted by Crippen LogP contribution is -2.28. The van der Waals surface area contributed by atoms with Crippen LogP contribution in [-0.4, -0.2) is 57.3 Å². The Balaban J connectivity index is 1.21. The molecule has 0 aliphatic carbocycles. The van der Waals surface area contributed by atoms with Crippen LogP contribution in [0, 0.1) is 0 Å². The summed E-state index contributed by atoms with van der Waals surface area (Å²) in [6.45, 7) is 0.184. The Morgan fingerprint density at radius 1 is 0.830 bits per heavy atom. The lowest BCUT2D eigenvalue weighted by Gasteiger charge is -2.22. The van der Waals surface area contributed by atoms with Gasteiger partial charge in [-0.1, -0.05) is 72.4 Å². The zero-order valence-corrected chi connectivity index (χ0v) is 26.9. The van der Waals surface area contributed by atoms with Crippen LogP contribution in [-0.2, 0) is 22.6 Å². The summed E-state index contributed by atoms with van der Waals surface area (Å²) in [7, 11) is 3.25. The highest BCUT2D eigenvalue weighted by atomic mass is 32.2. The minimum absolute atomic E-state index is 0.0807. The third-order valence-corrected chi connectivity index (χ3v) is 8.69. The maximum absolute atomic E-state index is 13.9. The summed E-state index contributed by atoms with van der Waals surface area (Å²) in [6, 6.07) is 34.3. The van der Waals surface area contributed by atoms with Crippen LogP contribution in [0.1, 0.15) is 35.0 Å². The van der Waals surface area contributed by atoms with Crippen molar-refractivity contribution in [1.82, 2.24) is 25.1 Å². The number of rotatable bonds is 12. The first kappa shape index (κ1) is 31.6. The number of benzene rings is 4. The number of thioether (sulfide) groups is 1. The van der Waals surface area contributed by atoms with Gasteiger partial charge in [0.25, 0.3) is 5.91 Å². The number of hydrogen-bond donors (Lipinski definition) is 1. The standard InChI is InChI=1S/C36H34N6O4S/c1-45-29-17-13-26(14-18-29)31-22-32(27-15-19-30(46-2)20-16-27)42(40-31)35(44)24-47-36-39-38-33(41(36)28-11-7-4-8-12-28)23-37-34(43)21-25-9-5-3-6-10-25/h3-20,32H,21-24H2,1-2H3,(H,37,43)/t32-/m0/s1. The number of aromatic nitrogens is 3. The molecule has 4 aromatic carbocycles. The summed E-state index contributed by atoms with van der Waals surface area (Å²) < 4.78 is 12.5. The van der Waals surface area contributed by atoms with Crippen molar-refractivity contribution in [1.29, 1.82) is 0 Å². The van der Waals surface area contributed by atoms with Gasteiger partial charge in [-0.25, -0.2) is 5.01 Å². The number of hydrazone groups is 1. The highest BCUT2D eigenvalue weighted by Gasteiger charge is 2.33. The third-order valence-electron chi connectivity index (χ3n) is 7.78. The molecule has 1 aliphatic rings. The van der Waals surface area contributed by atoms with Crippen LogP contribution in [0.5, 0.6) is 11.5 Å². The van der Waals surface area contributed by atoms with E-state index in [1.54, 1.807) is 19.2 Å². The average Bonchev–Trinajstić information content (AvgIpc) is 3.76. The first-order valence-corrected chi connectivity index (χ1v) is 16.1. The normalized spacial score (nSPS) is 14.0. The van der Waals surface area contributed by atoms with Crippen molar-refractivity contribution >= 4 is 29.3 Å². The molecule has 0 saturated carbocycles. The zero-order valence-electron chi connectivity index (χ0n) is 26.1. The van der Waals surface area contributed by atoms with Crippen molar-refractivity contribution < 1.29 is 19.1 Å². The number of carbonyl (C=O) groups excluding carboxylic acids is 2. The molecule has 2 amide bonds. The van der Waals surface area contributed by atoms with Gasteiger partial charge in [0.15, 0.2) is 11.0 Å². The van der Waals surface area contributed by atoms with Crippen LogP contribution in [0.2, 0.25) is 0 Å². The van der Waals surface area contributed by atoms with Crippen LogP contribution in [0.25, 0.3) is 5.69 Å². The van der Waals surface area contributed by atoms with Crippen LogP contribution in [0.3, 0.4) is 0 Å². The summed E-state index contributed by atoms with van der Waals surface area (Å²) in [4.78, 5) is 26.6. The van der Waals surface area contributed by atoms with E-state index in [0.29, 0.717) is 17.4 Å². The number of ether oxygens (including phenoxy) is 2. The molecule has 10 nitrogen and oxygen atoms in total. The van der Waals surface area contributed by atoms with E-state index in [4.69, 9.17) is 14.6 Å². The smallest absolute Gasteiger partial charge is 0.253 e. The monoisotopic (exact) mass is 646 g/mol. The van der Waals surface area contributed by atoms with Crippen molar-refractivity contribution in [2.45, 2.75) is 30.6 Å². The summed E-state index contributed by atoms with van der Waals surface area (Å²) in [5.74, 6) is 1.85. The average molecular weight is 647 g/mol. The fourth-order valence-electron chi connectivity index (χ4n) is 5.34. The van der Waals surface area contributed by atoms with E-state index in [2.05, 4.69) is 15.5 Å². The number of nitrogens with one attached hydrogen (secondary N) is 1. The Kier molecular flexibility index (Phi) is 9.93. The molecule has 0 bridgehead atoms. The molecule has 1 atom stereocenters. The van der Waals surface area contributed by atoms with E-state index >= 15 is 0 Å². The maximum Gasteiger partial charge on any atom is 0.253 e. The Bertz CT molecular complexity index is 1840. The SMILES string of the molecule is COc1ccc(C2=NN(C(=O)CSc3nnc(CNC(=O)Cc4ccccc4)n3-c3ccccc3)[C@H](c3ccc(OC)cc3)C2)cc1. The van der Waals surface area contributed by atoms with Gasteiger partial charge in [0, 0.05) is 12.1 Å². The largest absolute Gasteiger partial charge is 0.497 e. The van der Waals surface area contributed by atoms with E-state index in [9.17, 15) is 9.59 Å². The van der Waals surface area contributed by atoms with E-state index < -0.39 is 0 Å². The first-order valence-electron chi connectivity index (χ1n) is 15.1. The quantitative estimate of drug-likeness (QED) is 0.175. The molecule has 1 aliphatic heterocycles. The van der Waals surface area contributed by atoms with Crippen LogP contribution in [0.15, 0.2) is 119 Å². The maximum atomic E-state index is 13.9. The lowest BCUT2D eigenvalue weighted by molar-refractivity contribution is -0.130. The van der Waals surface area contributed by atoms with Crippen molar-refractivity contribution in [2.75, 3.05) is 20.0 Å². The number of carbonyl (C=O) groups is 2. The molecule has 11 heteroatoms. The topological polar surface area (TPSA) is 111 Å². The van der Waals surface area contributed by atoms with Crippen molar-refractivity contribution in [3.05, 3.63) is 132 Å². The highest BCUT2D eigenvalue weighted by molar-refractivity contribution is 7.99. The molecule has 5 aromatic rings. The molecule has 6 rings (SSSR count). The van der Waals surface area contributed by atoms with Crippen LogP contribution < -0.4 is 14.8 Å². The molecular formula is C36H34N6O4S. The van der Waals surface area contributed by atoms with Gasteiger partial charge in [0.05, 0.1) is 44.7 Å². The van der Waals surface area contributed by atoms with Gasteiger partial charge in [-0.05, 0) is 65.2 Å². The van der Waals surface area contributed by atoms with Gasteiger partial charge < -0.3 is 14.8 Å². The second-order valence-electron chi connectivity index (χ2n) is 10.8. The molecular weight excluding hydrogens is 613 g/mol. The lowest BCUT2D eigenvalue weighted by atomic mass is 9.98. The Hall–Kier alpha value is -5.42. The van der Waals surface area contributed by atoms with Crippen molar-refractivity contribution in [2.24, 2.45) is 5.10 Å². The fraction of sp³-hybridized carbons (Fsp3) is 0.194. The Morgan fingerprint density at radius 3 is 2.13 bits per heavy atom. The molecule has 0 saturated heterocycles. The summed E-state index contributed by atoms with van der Waals surface area (Å²) in [5.41, 5.74) is 4.45. The van der Waals surface area contributed by atoms with Gasteiger partial charge in [-0.3, -0.25) is 14.2 Å². The second kappa shape index (κ2) is 14.8. The molecule has 0 unspecified atom stereocenters. The van der Waals surface area contributed by atoms with Gasteiger partial charge in [0.1, 0.15) is 11.5 Å². The molecule has 47 heavy (non-hydrogen) atoms. The Labute approximate surface area is 277 Å². The number of hydrogen-bond acceptors (Lipinski definition) is 8. The van der Waals surface area contributed by atoms with Gasteiger partial charge in [-0.15, -0.1) is 10.2 Å². The van der Waals surface area contributed by atoms with E-state index in [0.717, 1.165) is 39.6 Å². The van der Waals surface area contributed by atoms with E-state index in [1.165, 1.54) is 11.8 Å². The molecule has 1 N–H and O–H groups in total. The minimum Gasteiger partial charge on any atom is -0.497 e.